The van der Waals surface area contributed by atoms with Crippen LogP contribution in [0.1, 0.15) is 23.9 Å². The molecule has 0 fully saturated rings. The van der Waals surface area contributed by atoms with Crippen LogP contribution in [0.2, 0.25) is 0 Å². The second-order valence-electron chi connectivity index (χ2n) is 5.58. The van der Waals surface area contributed by atoms with E-state index < -0.39 is 21.1 Å². The van der Waals surface area contributed by atoms with Crippen molar-refractivity contribution in [1.29, 1.82) is 0 Å². The lowest BCUT2D eigenvalue weighted by molar-refractivity contribution is -0.144. The number of anilines is 1. The normalized spacial score (nSPS) is 12.5. The molecule has 0 unspecified atom stereocenters. The van der Waals surface area contributed by atoms with Gasteiger partial charge in [0.05, 0.1) is 5.69 Å². The van der Waals surface area contributed by atoms with Crippen LogP contribution in [0.3, 0.4) is 0 Å². The second-order valence-corrected chi connectivity index (χ2v) is 8.11. The quantitative estimate of drug-likeness (QED) is 0.742. The van der Waals surface area contributed by atoms with Gasteiger partial charge in [0.25, 0.3) is 14.9 Å². The van der Waals surface area contributed by atoms with E-state index in [2.05, 4.69) is 10.1 Å². The smallest absolute Gasteiger partial charge is 0.347 e. The maximum atomic E-state index is 13.0. The van der Waals surface area contributed by atoms with E-state index >= 15 is 0 Å². The lowest BCUT2D eigenvalue weighted by atomic mass is 10.1. The van der Waals surface area contributed by atoms with Gasteiger partial charge in [-0.1, -0.05) is 6.92 Å². The van der Waals surface area contributed by atoms with Gasteiger partial charge in [0.1, 0.15) is 4.90 Å². The molecular weight excluding hydrogens is 381 g/mol. The number of aromatic nitrogens is 3. The van der Waals surface area contributed by atoms with Crippen molar-refractivity contribution in [2.75, 3.05) is 19.0 Å². The van der Waals surface area contributed by atoms with Crippen LogP contribution in [0, 0.1) is 6.92 Å². The first-order chi connectivity index (χ1) is 11.4. The summed E-state index contributed by atoms with van der Waals surface area (Å²) in [5, 5.41) is 3.46. The number of hydrogen-bond acceptors (Lipinski definition) is 5. The maximum Gasteiger partial charge on any atom is 0.453 e. The van der Waals surface area contributed by atoms with Crippen LogP contribution in [0.5, 0.6) is 0 Å². The molecule has 0 aliphatic rings. The first-order valence-electron chi connectivity index (χ1n) is 7.16. The number of alkyl halides is 3. The molecule has 0 saturated heterocycles. The van der Waals surface area contributed by atoms with Crippen LogP contribution in [-0.4, -0.2) is 37.3 Å². The summed E-state index contributed by atoms with van der Waals surface area (Å²) in [7, 11) is 4.23. The molecule has 0 radical (unpaired) electrons. The topological polar surface area (TPSA) is 68.1 Å². The molecule has 0 N–H and O–H groups in total. The van der Waals surface area contributed by atoms with Gasteiger partial charge in [-0.25, -0.2) is 8.42 Å². The summed E-state index contributed by atoms with van der Waals surface area (Å²) in [4.78, 5) is 4.45. The van der Waals surface area contributed by atoms with Crippen LogP contribution in [0.15, 0.2) is 17.0 Å². The minimum Gasteiger partial charge on any atom is -0.347 e. The molecule has 1 aromatic carbocycles. The molecule has 25 heavy (non-hydrogen) atoms. The van der Waals surface area contributed by atoms with Crippen molar-refractivity contribution in [3.8, 4) is 5.69 Å². The molecule has 0 bridgehead atoms. The van der Waals surface area contributed by atoms with Gasteiger partial charge in [-0.2, -0.15) is 22.8 Å². The molecule has 0 saturated carbocycles. The summed E-state index contributed by atoms with van der Waals surface area (Å²) in [5.74, 6) is -1.54. The molecule has 0 aliphatic heterocycles. The summed E-state index contributed by atoms with van der Waals surface area (Å²) in [6.07, 6.45) is -4.23. The largest absolute Gasteiger partial charge is 0.453 e. The highest BCUT2D eigenvalue weighted by Crippen LogP contribution is 2.33. The molecule has 0 aliphatic carbocycles. The van der Waals surface area contributed by atoms with Crippen molar-refractivity contribution in [2.45, 2.75) is 31.3 Å². The Hall–Kier alpha value is -1.81. The molecule has 6 nitrogen and oxygen atoms in total. The van der Waals surface area contributed by atoms with E-state index in [1.54, 1.807) is 6.92 Å². The van der Waals surface area contributed by atoms with Crippen LogP contribution in [0.4, 0.5) is 19.1 Å². The fraction of sp³-hybridized carbons (Fsp3) is 0.429. The van der Waals surface area contributed by atoms with E-state index in [1.165, 1.54) is 31.1 Å². The van der Waals surface area contributed by atoms with Crippen LogP contribution in [-0.2, 0) is 21.6 Å². The fourth-order valence-corrected chi connectivity index (χ4v) is 3.38. The predicted molar refractivity (Wildman–Crippen MR) is 87.8 cm³/mol. The van der Waals surface area contributed by atoms with E-state index in [0.29, 0.717) is 17.5 Å². The Balaban J connectivity index is 2.86. The lowest BCUT2D eigenvalue weighted by Crippen LogP contribution is -2.16. The summed E-state index contributed by atoms with van der Waals surface area (Å²) < 4.78 is 63.7. The number of rotatable bonds is 4. The van der Waals surface area contributed by atoms with Crippen molar-refractivity contribution >= 4 is 25.7 Å². The first kappa shape index (κ1) is 19.5. The molecule has 0 spiro atoms. The average Bonchev–Trinajstić information content (AvgIpc) is 2.90. The summed E-state index contributed by atoms with van der Waals surface area (Å²) in [5.41, 5.74) is 1.33. The van der Waals surface area contributed by atoms with Gasteiger partial charge in [0, 0.05) is 24.8 Å². The van der Waals surface area contributed by atoms with Crippen molar-refractivity contribution in [3.05, 3.63) is 29.1 Å². The highest BCUT2D eigenvalue weighted by atomic mass is 35.7. The molecule has 2 rings (SSSR count). The molecule has 138 valence electrons. The Labute approximate surface area is 147 Å². The third-order valence-electron chi connectivity index (χ3n) is 3.53. The van der Waals surface area contributed by atoms with Crippen molar-refractivity contribution in [2.24, 2.45) is 0 Å². The Morgan fingerprint density at radius 1 is 1.28 bits per heavy atom. The minimum atomic E-state index is -4.77. The Morgan fingerprint density at radius 3 is 2.32 bits per heavy atom. The predicted octanol–water partition coefficient (Wildman–Crippen LogP) is 3.15. The number of hydrogen-bond donors (Lipinski definition) is 0. The number of nitrogens with zero attached hydrogens (tertiary/aromatic N) is 4. The SMILES string of the molecule is CCc1cc(S(=O)(=O)Cl)c(-n2nc(C(F)(F)F)nc2N(C)C)cc1C. The summed E-state index contributed by atoms with van der Waals surface area (Å²) in [6, 6.07) is 2.79. The van der Waals surface area contributed by atoms with Gasteiger partial charge in [-0.05, 0) is 36.6 Å². The Kier molecular flexibility index (Phi) is 5.06. The molecule has 11 heteroatoms. The monoisotopic (exact) mass is 396 g/mol. The van der Waals surface area contributed by atoms with Crippen LogP contribution >= 0.6 is 10.7 Å². The van der Waals surface area contributed by atoms with E-state index in [9.17, 15) is 21.6 Å². The maximum absolute atomic E-state index is 13.0. The van der Waals surface area contributed by atoms with Gasteiger partial charge < -0.3 is 4.90 Å². The van der Waals surface area contributed by atoms with E-state index in [0.717, 1.165) is 4.68 Å². The van der Waals surface area contributed by atoms with Gasteiger partial charge in [-0.3, -0.25) is 0 Å². The zero-order valence-corrected chi connectivity index (χ0v) is 15.5. The van der Waals surface area contributed by atoms with E-state index in [-0.39, 0.29) is 16.5 Å². The molecule has 0 atom stereocenters. The van der Waals surface area contributed by atoms with Crippen molar-refractivity contribution in [3.63, 3.8) is 0 Å². The van der Waals surface area contributed by atoms with Crippen LogP contribution < -0.4 is 4.90 Å². The molecule has 1 heterocycles. The molecule has 0 amide bonds. The van der Waals surface area contributed by atoms with E-state index in [4.69, 9.17) is 10.7 Å². The van der Waals surface area contributed by atoms with Gasteiger partial charge >= 0.3 is 6.18 Å². The fourth-order valence-electron chi connectivity index (χ4n) is 2.33. The summed E-state index contributed by atoms with van der Waals surface area (Å²) in [6.45, 7) is 3.55. The van der Waals surface area contributed by atoms with Crippen LogP contribution in [0.25, 0.3) is 5.69 Å². The molecule has 1 aromatic heterocycles. The third kappa shape index (κ3) is 3.90. The second kappa shape index (κ2) is 6.49. The Morgan fingerprint density at radius 2 is 1.88 bits per heavy atom. The van der Waals surface area contributed by atoms with Crippen molar-refractivity contribution in [1.82, 2.24) is 14.8 Å². The Bertz CT molecular complexity index is 908. The highest BCUT2D eigenvalue weighted by Gasteiger charge is 2.38. The lowest BCUT2D eigenvalue weighted by Gasteiger charge is -2.16. The minimum absolute atomic E-state index is 0.0867. The number of aryl methyl sites for hydroxylation is 2. The standard InChI is InChI=1S/C14H16ClF3N4O2S/c1-5-9-7-11(25(15,23)24)10(6-8(9)2)22-13(21(3)4)19-12(20-22)14(16,17)18/h6-7H,5H2,1-4H3. The zero-order chi connectivity index (χ0) is 19.2. The first-order valence-corrected chi connectivity index (χ1v) is 9.47. The zero-order valence-electron chi connectivity index (χ0n) is 13.9. The number of benzene rings is 1. The molecule has 2 aromatic rings. The highest BCUT2D eigenvalue weighted by molar-refractivity contribution is 8.13. The van der Waals surface area contributed by atoms with Gasteiger partial charge in [0.15, 0.2) is 0 Å². The van der Waals surface area contributed by atoms with Crippen molar-refractivity contribution < 1.29 is 21.6 Å². The number of halogens is 4. The van der Waals surface area contributed by atoms with Gasteiger partial charge in [0.2, 0.25) is 5.95 Å². The molecular formula is C14H16ClF3N4O2S. The third-order valence-corrected chi connectivity index (χ3v) is 4.88. The average molecular weight is 397 g/mol. The van der Waals surface area contributed by atoms with Gasteiger partial charge in [-0.15, -0.1) is 5.10 Å². The van der Waals surface area contributed by atoms with E-state index in [1.807, 2.05) is 6.92 Å². The summed E-state index contributed by atoms with van der Waals surface area (Å²) >= 11 is 0.